The summed E-state index contributed by atoms with van der Waals surface area (Å²) in [7, 11) is 0. The number of nitrogens with zero attached hydrogens (tertiary/aromatic N) is 1. The number of hydrogen-bond donors (Lipinski definition) is 0. The van der Waals surface area contributed by atoms with Gasteiger partial charge in [0.2, 0.25) is 0 Å². The molecule has 9 rings (SSSR count). The Morgan fingerprint density at radius 2 is 0.896 bits per heavy atom. The summed E-state index contributed by atoms with van der Waals surface area (Å²) in [6, 6.07) is 64.3. The zero-order valence-electron chi connectivity index (χ0n) is 27.2. The highest BCUT2D eigenvalue weighted by Crippen LogP contribution is 2.52. The van der Waals surface area contributed by atoms with Crippen LogP contribution in [0.25, 0.3) is 54.9 Å². The lowest BCUT2D eigenvalue weighted by molar-refractivity contribution is 0.660. The molecule has 0 N–H and O–H groups in total. The second kappa shape index (κ2) is 11.1. The lowest BCUT2D eigenvalue weighted by Gasteiger charge is -2.26. The molecule has 0 heterocycles. The highest BCUT2D eigenvalue weighted by molar-refractivity contribution is 5.97. The van der Waals surface area contributed by atoms with E-state index in [2.05, 4.69) is 195 Å². The molecule has 0 saturated carbocycles. The van der Waals surface area contributed by atoms with Crippen molar-refractivity contribution < 1.29 is 0 Å². The third kappa shape index (κ3) is 4.54. The van der Waals surface area contributed by atoms with E-state index in [1.54, 1.807) is 0 Å². The molecular formula is C47H35N. The molecule has 1 heteroatoms. The van der Waals surface area contributed by atoms with Crippen LogP contribution in [0.15, 0.2) is 176 Å². The van der Waals surface area contributed by atoms with E-state index in [1.807, 2.05) is 0 Å². The molecule has 0 saturated heterocycles. The minimum Gasteiger partial charge on any atom is -0.310 e. The summed E-state index contributed by atoms with van der Waals surface area (Å²) in [5, 5.41) is 5.00. The molecule has 0 radical (unpaired) electrons. The zero-order valence-corrected chi connectivity index (χ0v) is 27.2. The second-order valence-electron chi connectivity index (χ2n) is 13.4. The first-order chi connectivity index (χ1) is 23.6. The Balaban J connectivity index is 1.15. The molecule has 0 atom stereocenters. The maximum Gasteiger partial charge on any atom is 0.0468 e. The topological polar surface area (TPSA) is 3.24 Å². The van der Waals surface area contributed by atoms with E-state index >= 15 is 0 Å². The lowest BCUT2D eigenvalue weighted by Crippen LogP contribution is -2.14. The van der Waals surface area contributed by atoms with E-state index in [9.17, 15) is 0 Å². The average molecular weight is 614 g/mol. The Morgan fingerprint density at radius 1 is 0.375 bits per heavy atom. The Morgan fingerprint density at radius 3 is 1.67 bits per heavy atom. The van der Waals surface area contributed by atoms with Crippen molar-refractivity contribution in [1.29, 1.82) is 0 Å². The van der Waals surface area contributed by atoms with Crippen LogP contribution in [-0.4, -0.2) is 0 Å². The molecule has 0 fully saturated rings. The van der Waals surface area contributed by atoms with E-state index in [0.717, 1.165) is 17.1 Å². The molecule has 0 bridgehead atoms. The van der Waals surface area contributed by atoms with Crippen LogP contribution >= 0.6 is 0 Å². The van der Waals surface area contributed by atoms with Crippen molar-refractivity contribution in [3.8, 4) is 33.4 Å². The highest BCUT2D eigenvalue weighted by Gasteiger charge is 2.36. The van der Waals surface area contributed by atoms with Gasteiger partial charge in [-0.05, 0) is 102 Å². The van der Waals surface area contributed by atoms with Crippen molar-refractivity contribution in [2.75, 3.05) is 4.90 Å². The Bertz CT molecular complexity index is 2460. The summed E-state index contributed by atoms with van der Waals surface area (Å²) < 4.78 is 0. The Labute approximate surface area is 282 Å². The van der Waals surface area contributed by atoms with E-state index in [-0.39, 0.29) is 5.41 Å². The molecule has 1 nitrogen and oxygen atoms in total. The summed E-state index contributed by atoms with van der Waals surface area (Å²) in [6.07, 6.45) is 0. The van der Waals surface area contributed by atoms with E-state index in [0.29, 0.717) is 0 Å². The molecule has 1 aliphatic carbocycles. The van der Waals surface area contributed by atoms with Crippen molar-refractivity contribution in [2.24, 2.45) is 0 Å². The third-order valence-electron chi connectivity index (χ3n) is 10.3. The fraction of sp³-hybridized carbons (Fsp3) is 0.0638. The number of hydrogen-bond acceptors (Lipinski definition) is 1. The quantitative estimate of drug-likeness (QED) is 0.187. The molecular weight excluding hydrogens is 579 g/mol. The number of rotatable bonds is 5. The predicted molar refractivity (Wildman–Crippen MR) is 205 cm³/mol. The van der Waals surface area contributed by atoms with Gasteiger partial charge in [0.15, 0.2) is 0 Å². The van der Waals surface area contributed by atoms with Gasteiger partial charge in [-0.25, -0.2) is 0 Å². The van der Waals surface area contributed by atoms with E-state index in [1.165, 1.54) is 66.1 Å². The standard InChI is InChI=1S/C47H35N/c1-47(2)44-19-8-7-16-43(44)46-42(18-10-20-45(46)47)35-24-28-38(29-25-35)48(39-30-21-32-11-3-4-13-36(32)31-39)37-26-22-34(23-27-37)41-17-9-14-33-12-5-6-15-40(33)41/h3-31H,1-2H3. The van der Waals surface area contributed by atoms with Gasteiger partial charge in [-0.2, -0.15) is 0 Å². The van der Waals surface area contributed by atoms with E-state index in [4.69, 9.17) is 0 Å². The van der Waals surface area contributed by atoms with Crippen LogP contribution in [0.3, 0.4) is 0 Å². The molecule has 1 aliphatic rings. The summed E-state index contributed by atoms with van der Waals surface area (Å²) in [5.74, 6) is 0. The van der Waals surface area contributed by atoms with Crippen LogP contribution in [0.1, 0.15) is 25.0 Å². The minimum absolute atomic E-state index is 0.0209. The zero-order chi connectivity index (χ0) is 32.2. The smallest absolute Gasteiger partial charge is 0.0468 e. The van der Waals surface area contributed by atoms with Gasteiger partial charge in [0.25, 0.3) is 0 Å². The molecule has 0 aliphatic heterocycles. The maximum absolute atomic E-state index is 2.37. The Hall–Kier alpha value is -5.92. The summed E-state index contributed by atoms with van der Waals surface area (Å²) in [4.78, 5) is 2.37. The van der Waals surface area contributed by atoms with Gasteiger partial charge >= 0.3 is 0 Å². The van der Waals surface area contributed by atoms with Crippen LogP contribution in [0, 0.1) is 0 Å². The van der Waals surface area contributed by atoms with Crippen molar-refractivity contribution >= 4 is 38.6 Å². The Kier molecular flexibility index (Phi) is 6.55. The van der Waals surface area contributed by atoms with Crippen molar-refractivity contribution in [2.45, 2.75) is 19.3 Å². The summed E-state index contributed by atoms with van der Waals surface area (Å²) >= 11 is 0. The molecule has 0 spiro atoms. The summed E-state index contributed by atoms with van der Waals surface area (Å²) in [5.41, 5.74) is 13.9. The largest absolute Gasteiger partial charge is 0.310 e. The van der Waals surface area contributed by atoms with Gasteiger partial charge < -0.3 is 4.90 Å². The second-order valence-corrected chi connectivity index (χ2v) is 13.4. The molecule has 8 aromatic carbocycles. The van der Waals surface area contributed by atoms with Gasteiger partial charge in [0.05, 0.1) is 0 Å². The van der Waals surface area contributed by atoms with Crippen LogP contribution < -0.4 is 4.90 Å². The minimum atomic E-state index is -0.0209. The fourth-order valence-corrected chi connectivity index (χ4v) is 7.82. The number of anilines is 3. The van der Waals surface area contributed by atoms with Crippen LogP contribution in [-0.2, 0) is 5.41 Å². The fourth-order valence-electron chi connectivity index (χ4n) is 7.82. The highest BCUT2D eigenvalue weighted by atomic mass is 15.1. The first kappa shape index (κ1) is 28.3. The van der Waals surface area contributed by atoms with E-state index < -0.39 is 0 Å². The first-order valence-electron chi connectivity index (χ1n) is 16.8. The van der Waals surface area contributed by atoms with Crippen molar-refractivity contribution in [3.63, 3.8) is 0 Å². The molecule has 8 aromatic rings. The number of fused-ring (bicyclic) bond motifs is 5. The van der Waals surface area contributed by atoms with Gasteiger partial charge in [0.1, 0.15) is 0 Å². The van der Waals surface area contributed by atoms with Gasteiger partial charge in [-0.1, -0.05) is 153 Å². The van der Waals surface area contributed by atoms with Gasteiger partial charge in [0, 0.05) is 22.5 Å². The molecule has 0 unspecified atom stereocenters. The third-order valence-corrected chi connectivity index (χ3v) is 10.3. The monoisotopic (exact) mass is 613 g/mol. The molecule has 48 heavy (non-hydrogen) atoms. The average Bonchev–Trinajstić information content (AvgIpc) is 3.38. The van der Waals surface area contributed by atoms with Crippen LogP contribution in [0.2, 0.25) is 0 Å². The van der Waals surface area contributed by atoms with Gasteiger partial charge in [-0.3, -0.25) is 0 Å². The van der Waals surface area contributed by atoms with Crippen LogP contribution in [0.5, 0.6) is 0 Å². The maximum atomic E-state index is 2.37. The van der Waals surface area contributed by atoms with Crippen LogP contribution in [0.4, 0.5) is 17.1 Å². The van der Waals surface area contributed by atoms with Crippen molar-refractivity contribution in [3.05, 3.63) is 187 Å². The normalized spacial score (nSPS) is 13.0. The molecule has 0 amide bonds. The SMILES string of the molecule is CC1(C)c2ccccc2-c2c(-c3ccc(N(c4ccc(-c5cccc6ccccc56)cc4)c4ccc5ccccc5c4)cc3)cccc21. The first-order valence-corrected chi connectivity index (χ1v) is 16.8. The lowest BCUT2D eigenvalue weighted by atomic mass is 9.82. The van der Waals surface area contributed by atoms with Crippen molar-refractivity contribution in [1.82, 2.24) is 0 Å². The predicted octanol–water partition coefficient (Wildman–Crippen LogP) is 13.1. The molecule has 228 valence electrons. The molecule has 0 aromatic heterocycles. The van der Waals surface area contributed by atoms with Gasteiger partial charge in [-0.15, -0.1) is 0 Å². The summed E-state index contributed by atoms with van der Waals surface area (Å²) in [6.45, 7) is 4.69. The number of benzene rings is 8.